The summed E-state index contributed by atoms with van der Waals surface area (Å²) in [5.41, 5.74) is 32.2. The first-order chi connectivity index (χ1) is 46.2. The van der Waals surface area contributed by atoms with Crippen molar-refractivity contribution in [1.29, 1.82) is 0 Å². The van der Waals surface area contributed by atoms with E-state index in [0.717, 1.165) is 5.69 Å². The number of fused-ring (bicyclic) bond motifs is 4. The molecule has 5 heterocycles. The van der Waals surface area contributed by atoms with Crippen LogP contribution >= 0.6 is 0 Å². The number of primary amides is 2. The van der Waals surface area contributed by atoms with E-state index in [4.69, 9.17) is 62.9 Å². The van der Waals surface area contributed by atoms with Crippen LogP contribution in [0.15, 0.2) is 59.7 Å². The molecule has 0 saturated heterocycles. The number of allylic oxidation sites excluding steroid dienone is 2. The first kappa shape index (κ1) is 73.3. The van der Waals surface area contributed by atoms with E-state index in [-0.39, 0.29) is 104 Å². The lowest BCUT2D eigenvalue weighted by Crippen LogP contribution is -2.47. The highest BCUT2D eigenvalue weighted by molar-refractivity contribution is 6.12. The molecule has 2 aromatic carbocycles. The number of aromatic nitrogens is 9. The minimum absolute atomic E-state index is 0.00267. The van der Waals surface area contributed by atoms with Crippen LogP contribution in [0.3, 0.4) is 0 Å². The fourth-order valence-corrected chi connectivity index (χ4v) is 10.9. The van der Waals surface area contributed by atoms with Crippen molar-refractivity contribution >= 4 is 104 Å². The van der Waals surface area contributed by atoms with E-state index in [1.54, 1.807) is 53.8 Å². The van der Waals surface area contributed by atoms with Crippen molar-refractivity contribution in [2.24, 2.45) is 45.5 Å². The zero-order valence-corrected chi connectivity index (χ0v) is 54.2. The minimum Gasteiger partial charge on any atom is -0.491 e. The molecule has 97 heavy (non-hydrogen) atoms. The number of methoxy groups -OCH3 is 1. The number of nitrogens with two attached hydrogens (primary N) is 5. The molecular weight excluding hydrogens is 1260 g/mol. The van der Waals surface area contributed by atoms with Gasteiger partial charge in [-0.25, -0.2) is 15.0 Å². The van der Waals surface area contributed by atoms with Gasteiger partial charge in [-0.15, -0.1) is 0 Å². The molecule has 0 fully saturated rings. The second-order valence-corrected chi connectivity index (χ2v) is 22.8. The first-order valence-corrected chi connectivity index (χ1v) is 31.1. The number of ether oxygens (including phenoxy) is 3. The van der Waals surface area contributed by atoms with Crippen LogP contribution in [-0.4, -0.2) is 176 Å². The Bertz CT molecular complexity index is 4180. The molecule has 5 aromatic heterocycles. The van der Waals surface area contributed by atoms with Crippen LogP contribution in [0.2, 0.25) is 0 Å². The standard InChI is InChI=1S/C63H80N18O16/c1-6-80-44(21-33(3)76-80)57-71-32-40-39-23-36(55(65)90)27-48(97-20-12-18-95-5)53(39)78(58(40)74-57)16-8-9-17-79-54-43(73-63(79)75-61(94)45-22-34(4)77-81(45)7-2)24-37(56(66)91)28-49(54)96-19-11-15-69-59(92)38(29-50(84)85)26-47(83)42(31-52(88)89)72-60(93)35(13-10-14-70-62(67)68)25-46(82)41(64)30-51(86)87/h8-9,21-24,27-28,32,35,38,41-42H,6-7,10-20,25-26,29-31,64H2,1-5H3,(H2,65,90)(H2,66,91)(H,69,92)(H,72,93)(H,84,85)(H,86,87)(H,88,89)(H4,67,68,70)(H,73,75,94)/b9-8+/t35-,38+,41+,42+/m1/s1. The molecule has 7 aromatic rings. The molecule has 5 amide bonds. The number of nitrogens with one attached hydrogen (secondary N) is 3. The quantitative estimate of drug-likeness (QED) is 0.0113. The molecular formula is C63H80N18O16. The summed E-state index contributed by atoms with van der Waals surface area (Å²) in [5, 5.41) is 46.8. The van der Waals surface area contributed by atoms with Gasteiger partial charge in [0.05, 0.1) is 72.9 Å². The lowest BCUT2D eigenvalue weighted by atomic mass is 9.90. The number of imidazole rings is 1. The van der Waals surface area contributed by atoms with Crippen molar-refractivity contribution in [1.82, 2.24) is 54.3 Å². The maximum absolute atomic E-state index is 14.2. The van der Waals surface area contributed by atoms with Gasteiger partial charge in [-0.3, -0.25) is 67.6 Å². The third kappa shape index (κ3) is 19.3. The average Bonchev–Trinajstić information content (AvgIpc) is 1.59. The molecule has 7 rings (SSSR count). The number of ketones is 2. The topological polar surface area (TPSA) is 522 Å². The van der Waals surface area contributed by atoms with Crippen LogP contribution in [-0.2, 0) is 64.5 Å². The van der Waals surface area contributed by atoms with Crippen molar-refractivity contribution in [3.05, 3.63) is 83.0 Å². The maximum Gasteiger partial charge on any atom is 0.305 e. The summed E-state index contributed by atoms with van der Waals surface area (Å²) in [5.74, 6) is -12.6. The number of carbonyl (C=O) groups excluding carboxylic acids is 7. The van der Waals surface area contributed by atoms with E-state index in [1.165, 1.54) is 16.8 Å². The number of guanidine groups is 1. The predicted molar refractivity (Wildman–Crippen MR) is 351 cm³/mol. The SMILES string of the molecule is CCn1nc(C)cc1C(=O)Nc1nc2cc(C(N)=O)cc(OCCCNC(=O)[C@H](CC(=O)O)CC(=O)[C@H](CC(=O)O)NC(=O)[C@H](CCCN=C(N)N)CC(=O)[C@@H](N)CC(=O)O)c2n1C/C=C/Cn1c2nc(-c3cc(C)nn3CC)ncc2c2cc(C(N)=O)cc(OCCCOC)c21. The second kappa shape index (κ2) is 33.8. The van der Waals surface area contributed by atoms with E-state index in [0.29, 0.717) is 71.0 Å². The van der Waals surface area contributed by atoms with Crippen molar-refractivity contribution in [2.45, 2.75) is 124 Å². The number of anilines is 1. The highest BCUT2D eigenvalue weighted by atomic mass is 16.5. The van der Waals surface area contributed by atoms with Crippen LogP contribution < -0.4 is 54.1 Å². The number of Topliss-reactive ketones (excluding diaryl/α,β-unsaturated/α-hetero) is 2. The van der Waals surface area contributed by atoms with E-state index < -0.39 is 115 Å². The van der Waals surface area contributed by atoms with Gasteiger partial charge in [-0.2, -0.15) is 10.2 Å². The van der Waals surface area contributed by atoms with Crippen LogP contribution in [0.5, 0.6) is 11.5 Å². The molecule has 0 saturated carbocycles. The van der Waals surface area contributed by atoms with Gasteiger partial charge < -0.3 is 78.0 Å². The first-order valence-electron chi connectivity index (χ1n) is 31.1. The van der Waals surface area contributed by atoms with Gasteiger partial charge in [0.15, 0.2) is 23.4 Å². The number of rotatable bonds is 40. The molecule has 0 bridgehead atoms. The maximum atomic E-state index is 14.2. The second-order valence-electron chi connectivity index (χ2n) is 22.8. The number of hydrogen-bond acceptors (Lipinski definition) is 20. The molecule has 0 radical (unpaired) electrons. The van der Waals surface area contributed by atoms with E-state index in [1.807, 2.05) is 37.5 Å². The molecule has 0 aliphatic heterocycles. The zero-order valence-electron chi connectivity index (χ0n) is 54.2. The third-order valence-corrected chi connectivity index (χ3v) is 15.5. The Hall–Kier alpha value is -11.2. The molecule has 34 nitrogen and oxygen atoms in total. The molecule has 16 N–H and O–H groups in total. The fraction of sp³-hybridized carbons (Fsp3) is 0.429. The summed E-state index contributed by atoms with van der Waals surface area (Å²) in [6.07, 6.45) is 1.73. The van der Waals surface area contributed by atoms with E-state index in [2.05, 4.69) is 31.1 Å². The Morgan fingerprint density at radius 3 is 1.92 bits per heavy atom. The predicted octanol–water partition coefficient (Wildman–Crippen LogP) is 2.10. The molecule has 0 aliphatic rings. The number of carboxylic acid groups (broad SMARTS) is 3. The number of amides is 5. The lowest BCUT2D eigenvalue weighted by molar-refractivity contribution is -0.144. The Morgan fingerprint density at radius 2 is 1.28 bits per heavy atom. The normalized spacial score (nSPS) is 12.7. The monoisotopic (exact) mass is 1340 g/mol. The van der Waals surface area contributed by atoms with Crippen molar-refractivity contribution in [3.8, 4) is 23.0 Å². The van der Waals surface area contributed by atoms with Gasteiger partial charge in [-0.05, 0) is 83.4 Å². The van der Waals surface area contributed by atoms with E-state index >= 15 is 0 Å². The average molecular weight is 1350 g/mol. The third-order valence-electron chi connectivity index (χ3n) is 15.5. The molecule has 34 heteroatoms. The van der Waals surface area contributed by atoms with Gasteiger partial charge in [0.2, 0.25) is 29.6 Å². The highest BCUT2D eigenvalue weighted by Gasteiger charge is 2.34. The minimum atomic E-state index is -1.82. The highest BCUT2D eigenvalue weighted by Crippen LogP contribution is 2.37. The largest absolute Gasteiger partial charge is 0.491 e. The number of carboxylic acids is 3. The molecule has 0 aliphatic carbocycles. The van der Waals surface area contributed by atoms with Gasteiger partial charge in [0, 0.05) is 106 Å². The molecule has 0 spiro atoms. The summed E-state index contributed by atoms with van der Waals surface area (Å²) >= 11 is 0. The van der Waals surface area contributed by atoms with E-state index in [9.17, 15) is 58.2 Å². The van der Waals surface area contributed by atoms with Crippen LogP contribution in [0.25, 0.3) is 44.5 Å². The van der Waals surface area contributed by atoms with Crippen LogP contribution in [0.1, 0.15) is 114 Å². The Labute approximate surface area is 554 Å². The number of nitrogens with zero attached hydrogens (tertiary/aromatic N) is 10. The van der Waals surface area contributed by atoms with Gasteiger partial charge in [0.1, 0.15) is 34.1 Å². The number of carbonyl (C=O) groups is 10. The smallest absolute Gasteiger partial charge is 0.305 e. The number of hydrogen-bond donors (Lipinski definition) is 11. The number of aliphatic imine (C=N–C) groups is 1. The molecule has 0 unspecified atom stereocenters. The van der Waals surface area contributed by atoms with Crippen molar-refractivity contribution in [3.63, 3.8) is 0 Å². The van der Waals surface area contributed by atoms with Gasteiger partial charge in [0.25, 0.3) is 5.91 Å². The van der Waals surface area contributed by atoms with Crippen molar-refractivity contribution < 1.29 is 77.5 Å². The molecule has 518 valence electrons. The number of aliphatic carboxylic acids is 3. The zero-order chi connectivity index (χ0) is 70.8. The Kier molecular flexibility index (Phi) is 25.5. The summed E-state index contributed by atoms with van der Waals surface area (Å²) < 4.78 is 24.8. The Morgan fingerprint density at radius 1 is 0.660 bits per heavy atom. The summed E-state index contributed by atoms with van der Waals surface area (Å²) in [4.78, 5) is 148. The number of aryl methyl sites for hydroxylation is 4. The Balaban J connectivity index is 1.17. The summed E-state index contributed by atoms with van der Waals surface area (Å²) in [7, 11) is 1.57. The van der Waals surface area contributed by atoms with Gasteiger partial charge >= 0.3 is 17.9 Å². The summed E-state index contributed by atoms with van der Waals surface area (Å²) in [6, 6.07) is 6.20. The van der Waals surface area contributed by atoms with Crippen molar-refractivity contribution in [2.75, 3.05) is 45.3 Å². The lowest BCUT2D eigenvalue weighted by Gasteiger charge is -2.23. The summed E-state index contributed by atoms with van der Waals surface area (Å²) in [6.45, 7) is 8.65. The molecule has 4 atom stereocenters. The van der Waals surface area contributed by atoms with Crippen LogP contribution in [0, 0.1) is 25.7 Å². The van der Waals surface area contributed by atoms with Crippen LogP contribution in [0.4, 0.5) is 5.95 Å². The van der Waals surface area contributed by atoms with Gasteiger partial charge in [-0.1, -0.05) is 12.2 Å². The number of benzene rings is 2. The fourth-order valence-electron chi connectivity index (χ4n) is 10.9.